The van der Waals surface area contributed by atoms with Gasteiger partial charge in [-0.3, -0.25) is 0 Å². The van der Waals surface area contributed by atoms with Gasteiger partial charge in [-0.1, -0.05) is 156 Å². The molecule has 2 unspecified atom stereocenters. The highest BCUT2D eigenvalue weighted by Gasteiger charge is 2.16. The maximum Gasteiger partial charge on any atom is 0.508 e. The molecule has 2 atom stereocenters. The van der Waals surface area contributed by atoms with Crippen LogP contribution in [-0.4, -0.2) is 19.4 Å². The summed E-state index contributed by atoms with van der Waals surface area (Å²) in [5.41, 5.74) is 0. The van der Waals surface area contributed by atoms with Crippen molar-refractivity contribution in [1.29, 1.82) is 0 Å². The molecule has 0 aromatic rings. The summed E-state index contributed by atoms with van der Waals surface area (Å²) >= 11 is 0. The lowest BCUT2D eigenvalue weighted by molar-refractivity contribution is 0.0300. The molecule has 0 heterocycles. The zero-order chi connectivity index (χ0) is 26.5. The van der Waals surface area contributed by atoms with Gasteiger partial charge in [-0.05, 0) is 37.5 Å². The van der Waals surface area contributed by atoms with E-state index >= 15 is 0 Å². The van der Waals surface area contributed by atoms with E-state index in [0.717, 1.165) is 0 Å². The van der Waals surface area contributed by atoms with Crippen molar-refractivity contribution < 1.29 is 14.3 Å². The molecular formula is C33H66O3. The van der Waals surface area contributed by atoms with Crippen molar-refractivity contribution >= 4 is 6.16 Å². The molecule has 0 aliphatic heterocycles. The highest BCUT2D eigenvalue weighted by atomic mass is 16.7. The Morgan fingerprint density at radius 2 is 0.667 bits per heavy atom. The van der Waals surface area contributed by atoms with Crippen LogP contribution in [0.3, 0.4) is 0 Å². The lowest BCUT2D eigenvalue weighted by atomic mass is 9.95. The lowest BCUT2D eigenvalue weighted by Crippen LogP contribution is -2.19. The van der Waals surface area contributed by atoms with Gasteiger partial charge >= 0.3 is 6.16 Å². The van der Waals surface area contributed by atoms with Crippen LogP contribution in [0.4, 0.5) is 4.79 Å². The van der Waals surface area contributed by atoms with Gasteiger partial charge in [0.1, 0.15) is 0 Å². The molecule has 0 aromatic heterocycles. The second-order valence-corrected chi connectivity index (χ2v) is 11.4. The van der Waals surface area contributed by atoms with Gasteiger partial charge in [0.05, 0.1) is 13.2 Å². The van der Waals surface area contributed by atoms with Gasteiger partial charge in [0.15, 0.2) is 0 Å². The smallest absolute Gasteiger partial charge is 0.434 e. The molecule has 0 radical (unpaired) electrons. The quantitative estimate of drug-likeness (QED) is 0.0775. The van der Waals surface area contributed by atoms with E-state index in [1.807, 2.05) is 0 Å². The monoisotopic (exact) mass is 511 g/mol. The van der Waals surface area contributed by atoms with Gasteiger partial charge < -0.3 is 9.47 Å². The predicted molar refractivity (Wildman–Crippen MR) is 158 cm³/mol. The van der Waals surface area contributed by atoms with Crippen molar-refractivity contribution in [3.05, 3.63) is 0 Å². The third-order valence-corrected chi connectivity index (χ3v) is 7.74. The number of ether oxygens (including phenoxy) is 2. The zero-order valence-electron chi connectivity index (χ0n) is 25.3. The Kier molecular flexibility index (Phi) is 28.3. The van der Waals surface area contributed by atoms with E-state index in [2.05, 4.69) is 27.7 Å². The maximum atomic E-state index is 12.5. The van der Waals surface area contributed by atoms with E-state index in [1.165, 1.54) is 154 Å². The van der Waals surface area contributed by atoms with Crippen LogP contribution in [0.1, 0.15) is 182 Å². The predicted octanol–water partition coefficient (Wildman–Crippen LogP) is 11.8. The van der Waals surface area contributed by atoms with Gasteiger partial charge in [-0.15, -0.1) is 0 Å². The van der Waals surface area contributed by atoms with E-state index in [9.17, 15) is 4.79 Å². The minimum Gasteiger partial charge on any atom is -0.434 e. The highest BCUT2D eigenvalue weighted by molar-refractivity contribution is 5.59. The maximum absolute atomic E-state index is 12.5. The minimum atomic E-state index is -0.432. The molecule has 0 rings (SSSR count). The molecular weight excluding hydrogens is 444 g/mol. The molecule has 0 spiro atoms. The third kappa shape index (κ3) is 24.9. The van der Waals surface area contributed by atoms with Crippen molar-refractivity contribution in [2.45, 2.75) is 182 Å². The number of hydrogen-bond donors (Lipinski definition) is 0. The fourth-order valence-electron chi connectivity index (χ4n) is 5.18. The first-order chi connectivity index (χ1) is 17.7. The van der Waals surface area contributed by atoms with E-state index < -0.39 is 6.16 Å². The fourth-order valence-corrected chi connectivity index (χ4v) is 5.18. The summed E-state index contributed by atoms with van der Waals surface area (Å²) in [4.78, 5) is 12.5. The van der Waals surface area contributed by atoms with Gasteiger partial charge in [-0.2, -0.15) is 0 Å². The van der Waals surface area contributed by atoms with Crippen molar-refractivity contribution in [3.8, 4) is 0 Å². The minimum absolute atomic E-state index is 0.432. The van der Waals surface area contributed by atoms with E-state index in [0.29, 0.717) is 25.0 Å². The molecule has 0 N–H and O–H groups in total. The molecule has 0 aliphatic carbocycles. The summed E-state index contributed by atoms with van der Waals surface area (Å²) < 4.78 is 11.3. The van der Waals surface area contributed by atoms with Crippen LogP contribution in [0.5, 0.6) is 0 Å². The van der Waals surface area contributed by atoms with Crippen LogP contribution >= 0.6 is 0 Å². The van der Waals surface area contributed by atoms with E-state index in [1.54, 1.807) is 0 Å². The number of unbranched alkanes of at least 4 members (excludes halogenated alkanes) is 16. The number of hydrogen-bond acceptors (Lipinski definition) is 3. The molecule has 0 saturated heterocycles. The molecule has 3 nitrogen and oxygen atoms in total. The molecule has 0 saturated carbocycles. The summed E-state index contributed by atoms with van der Waals surface area (Å²) in [5, 5.41) is 0. The summed E-state index contributed by atoms with van der Waals surface area (Å²) in [6, 6.07) is 0. The molecule has 0 aliphatic rings. The third-order valence-electron chi connectivity index (χ3n) is 7.74. The molecule has 0 amide bonds. The van der Waals surface area contributed by atoms with Crippen LogP contribution < -0.4 is 0 Å². The van der Waals surface area contributed by atoms with Crippen molar-refractivity contribution in [2.75, 3.05) is 13.2 Å². The Hall–Kier alpha value is -0.730. The Balaban J connectivity index is 4.38. The van der Waals surface area contributed by atoms with Crippen LogP contribution in [0.2, 0.25) is 0 Å². The molecule has 0 bridgehead atoms. The van der Waals surface area contributed by atoms with Gasteiger partial charge in [0.25, 0.3) is 0 Å². The number of rotatable bonds is 28. The number of carbonyl (C=O) groups excluding carboxylic acids is 1. The molecule has 0 fully saturated rings. The topological polar surface area (TPSA) is 35.5 Å². The second-order valence-electron chi connectivity index (χ2n) is 11.4. The Bertz CT molecular complexity index is 399. The molecule has 216 valence electrons. The van der Waals surface area contributed by atoms with Crippen molar-refractivity contribution in [3.63, 3.8) is 0 Å². The number of carbonyl (C=O) groups is 1. The van der Waals surface area contributed by atoms with Crippen LogP contribution in [0.15, 0.2) is 0 Å². The zero-order valence-corrected chi connectivity index (χ0v) is 25.3. The largest absolute Gasteiger partial charge is 0.508 e. The SMILES string of the molecule is CCCCCCCCC(CCCCCC)COC(=O)OCC(CCCCCC)CCCCCCCC. The van der Waals surface area contributed by atoms with Crippen molar-refractivity contribution in [1.82, 2.24) is 0 Å². The summed E-state index contributed by atoms with van der Waals surface area (Å²) in [6.07, 6.45) is 30.4. The van der Waals surface area contributed by atoms with Crippen molar-refractivity contribution in [2.24, 2.45) is 11.8 Å². The molecule has 36 heavy (non-hydrogen) atoms. The summed E-state index contributed by atoms with van der Waals surface area (Å²) in [6.45, 7) is 10.1. The summed E-state index contributed by atoms with van der Waals surface area (Å²) in [7, 11) is 0. The molecule has 0 aromatic carbocycles. The average Bonchev–Trinajstić information content (AvgIpc) is 2.89. The first kappa shape index (κ1) is 35.3. The van der Waals surface area contributed by atoms with Gasteiger partial charge in [0, 0.05) is 0 Å². The normalized spacial score (nSPS) is 13.0. The first-order valence-corrected chi connectivity index (χ1v) is 16.5. The van der Waals surface area contributed by atoms with E-state index in [-0.39, 0.29) is 0 Å². The standard InChI is InChI=1S/C33H66O3/c1-5-9-13-17-19-23-27-31(25-21-15-11-7-3)29-35-33(34)36-30-32(26-22-16-12-8-4)28-24-20-18-14-10-6-2/h31-32H,5-30H2,1-4H3. The van der Waals surface area contributed by atoms with Crippen LogP contribution in [0, 0.1) is 11.8 Å². The van der Waals surface area contributed by atoms with Crippen LogP contribution in [0.25, 0.3) is 0 Å². The van der Waals surface area contributed by atoms with Crippen LogP contribution in [-0.2, 0) is 9.47 Å². The Labute approximate surface area is 227 Å². The summed E-state index contributed by atoms with van der Waals surface area (Å²) in [5.74, 6) is 0.988. The van der Waals surface area contributed by atoms with Gasteiger partial charge in [0.2, 0.25) is 0 Å². The fraction of sp³-hybridized carbons (Fsp3) is 0.970. The molecule has 3 heteroatoms. The highest BCUT2D eigenvalue weighted by Crippen LogP contribution is 2.21. The Morgan fingerprint density at radius 3 is 0.972 bits per heavy atom. The second kappa shape index (κ2) is 28.8. The van der Waals surface area contributed by atoms with Gasteiger partial charge in [-0.25, -0.2) is 4.79 Å². The van der Waals surface area contributed by atoms with E-state index in [4.69, 9.17) is 9.47 Å². The average molecular weight is 511 g/mol. The Morgan fingerprint density at radius 1 is 0.417 bits per heavy atom. The lowest BCUT2D eigenvalue weighted by Gasteiger charge is -2.19. The first-order valence-electron chi connectivity index (χ1n) is 16.5.